The van der Waals surface area contributed by atoms with Gasteiger partial charge in [0.05, 0.1) is 24.6 Å². The predicted molar refractivity (Wildman–Crippen MR) is 110 cm³/mol. The first-order valence-corrected chi connectivity index (χ1v) is 9.39. The van der Waals surface area contributed by atoms with Gasteiger partial charge in [-0.2, -0.15) is 5.26 Å². The van der Waals surface area contributed by atoms with E-state index in [0.717, 1.165) is 26.4 Å². The van der Waals surface area contributed by atoms with Gasteiger partial charge in [0.1, 0.15) is 28.9 Å². The first-order valence-electron chi connectivity index (χ1n) is 8.59. The van der Waals surface area contributed by atoms with E-state index in [2.05, 4.69) is 22.0 Å². The monoisotopic (exact) mass is 436 g/mol. The molecule has 3 aromatic rings. The van der Waals surface area contributed by atoms with Gasteiger partial charge in [0.2, 0.25) is 5.88 Å². The SMILES string of the molecule is COc1cc(OC)c(C2C(C#N)=C(N)Oc3ccc4ccccc4c32)cc1Br. The Kier molecular flexibility index (Phi) is 4.62. The lowest BCUT2D eigenvalue weighted by Gasteiger charge is -2.29. The zero-order chi connectivity index (χ0) is 19.8. The minimum atomic E-state index is -0.433. The summed E-state index contributed by atoms with van der Waals surface area (Å²) in [6, 6.07) is 17.8. The van der Waals surface area contributed by atoms with E-state index in [0.29, 0.717) is 22.8 Å². The Bertz CT molecular complexity index is 1160. The van der Waals surface area contributed by atoms with Crippen LogP contribution in [0, 0.1) is 11.3 Å². The molecule has 0 aromatic heterocycles. The fourth-order valence-corrected chi connectivity index (χ4v) is 4.18. The van der Waals surface area contributed by atoms with Crippen LogP contribution in [0.4, 0.5) is 0 Å². The molecule has 1 aliphatic rings. The fraction of sp³-hybridized carbons (Fsp3) is 0.136. The molecule has 5 nitrogen and oxygen atoms in total. The molecule has 1 atom stereocenters. The van der Waals surface area contributed by atoms with Gasteiger partial charge >= 0.3 is 0 Å². The first kappa shape index (κ1) is 18.2. The molecule has 3 aromatic carbocycles. The highest BCUT2D eigenvalue weighted by Crippen LogP contribution is 2.49. The van der Waals surface area contributed by atoms with Gasteiger partial charge in [0.15, 0.2) is 0 Å². The molecule has 1 unspecified atom stereocenters. The number of hydrogen-bond donors (Lipinski definition) is 1. The van der Waals surface area contributed by atoms with Crippen LogP contribution >= 0.6 is 15.9 Å². The topological polar surface area (TPSA) is 77.5 Å². The van der Waals surface area contributed by atoms with Crippen LogP contribution in [-0.2, 0) is 0 Å². The second-order valence-corrected chi connectivity index (χ2v) is 7.21. The second kappa shape index (κ2) is 7.10. The average Bonchev–Trinajstić information content (AvgIpc) is 2.72. The third kappa shape index (κ3) is 2.76. The number of halogens is 1. The number of methoxy groups -OCH3 is 2. The van der Waals surface area contributed by atoms with Crippen LogP contribution in [0.15, 0.2) is 64.5 Å². The van der Waals surface area contributed by atoms with E-state index < -0.39 is 5.92 Å². The summed E-state index contributed by atoms with van der Waals surface area (Å²) in [6.45, 7) is 0. The summed E-state index contributed by atoms with van der Waals surface area (Å²) in [5, 5.41) is 11.9. The van der Waals surface area contributed by atoms with Crippen LogP contribution in [0.1, 0.15) is 17.0 Å². The molecule has 0 spiro atoms. The van der Waals surface area contributed by atoms with Gasteiger partial charge in [-0.15, -0.1) is 0 Å². The van der Waals surface area contributed by atoms with Crippen LogP contribution in [0.2, 0.25) is 0 Å². The highest BCUT2D eigenvalue weighted by Gasteiger charge is 2.34. The molecule has 0 radical (unpaired) electrons. The molecule has 1 heterocycles. The van der Waals surface area contributed by atoms with Crippen molar-refractivity contribution in [3.05, 3.63) is 75.6 Å². The zero-order valence-electron chi connectivity index (χ0n) is 15.3. The molecule has 0 fully saturated rings. The smallest absolute Gasteiger partial charge is 0.205 e. The molecule has 2 N–H and O–H groups in total. The standard InChI is InChI=1S/C22H17BrN2O3/c1-26-18-10-19(27-2)16(23)9-14(18)20-15(11-24)22(25)28-17-8-7-12-5-3-4-6-13(12)21(17)20/h3-10,20H,25H2,1-2H3. The third-order valence-electron chi connectivity index (χ3n) is 4.93. The molecule has 0 amide bonds. The van der Waals surface area contributed by atoms with E-state index in [-0.39, 0.29) is 5.88 Å². The number of ether oxygens (including phenoxy) is 3. The Morgan fingerprint density at radius 3 is 2.54 bits per heavy atom. The molecule has 6 heteroatoms. The van der Waals surface area contributed by atoms with Crippen molar-refractivity contribution in [1.29, 1.82) is 5.26 Å². The number of nitriles is 1. The Morgan fingerprint density at radius 1 is 1.07 bits per heavy atom. The van der Waals surface area contributed by atoms with Crippen LogP contribution < -0.4 is 19.9 Å². The van der Waals surface area contributed by atoms with Crippen molar-refractivity contribution in [1.82, 2.24) is 0 Å². The number of hydrogen-bond acceptors (Lipinski definition) is 5. The summed E-state index contributed by atoms with van der Waals surface area (Å²) in [4.78, 5) is 0. The molecular formula is C22H17BrN2O3. The van der Waals surface area contributed by atoms with Gasteiger partial charge < -0.3 is 19.9 Å². The van der Waals surface area contributed by atoms with Gasteiger partial charge in [-0.05, 0) is 38.8 Å². The maximum Gasteiger partial charge on any atom is 0.205 e. The van der Waals surface area contributed by atoms with E-state index in [1.165, 1.54) is 0 Å². The van der Waals surface area contributed by atoms with Crippen molar-refractivity contribution < 1.29 is 14.2 Å². The third-order valence-corrected chi connectivity index (χ3v) is 5.55. The predicted octanol–water partition coefficient (Wildman–Crippen LogP) is 4.84. The maximum absolute atomic E-state index is 9.88. The number of benzene rings is 3. The summed E-state index contributed by atoms with van der Waals surface area (Å²) in [6.07, 6.45) is 0. The summed E-state index contributed by atoms with van der Waals surface area (Å²) < 4.78 is 17.6. The van der Waals surface area contributed by atoms with E-state index in [1.54, 1.807) is 20.3 Å². The molecular weight excluding hydrogens is 420 g/mol. The van der Waals surface area contributed by atoms with E-state index >= 15 is 0 Å². The Morgan fingerprint density at radius 2 is 1.82 bits per heavy atom. The van der Waals surface area contributed by atoms with Gasteiger partial charge in [-0.25, -0.2) is 0 Å². The Hall–Kier alpha value is -3.17. The normalized spacial score (nSPS) is 15.6. The largest absolute Gasteiger partial charge is 0.496 e. The molecule has 28 heavy (non-hydrogen) atoms. The van der Waals surface area contributed by atoms with Crippen molar-refractivity contribution in [2.24, 2.45) is 5.73 Å². The molecule has 0 saturated carbocycles. The Labute approximate surface area is 171 Å². The van der Waals surface area contributed by atoms with Crippen molar-refractivity contribution in [2.75, 3.05) is 14.2 Å². The second-order valence-electron chi connectivity index (χ2n) is 6.35. The van der Waals surface area contributed by atoms with Crippen molar-refractivity contribution in [2.45, 2.75) is 5.92 Å². The molecule has 0 saturated heterocycles. The lowest BCUT2D eigenvalue weighted by molar-refractivity contribution is 0.381. The van der Waals surface area contributed by atoms with Crippen molar-refractivity contribution in [3.8, 4) is 23.3 Å². The van der Waals surface area contributed by atoms with E-state index in [4.69, 9.17) is 19.9 Å². The van der Waals surface area contributed by atoms with Gasteiger partial charge in [-0.3, -0.25) is 0 Å². The summed E-state index contributed by atoms with van der Waals surface area (Å²) in [7, 11) is 3.18. The number of nitrogens with zero attached hydrogens (tertiary/aromatic N) is 1. The first-order chi connectivity index (χ1) is 13.6. The van der Waals surface area contributed by atoms with Crippen molar-refractivity contribution >= 4 is 26.7 Å². The lowest BCUT2D eigenvalue weighted by atomic mass is 9.80. The average molecular weight is 437 g/mol. The van der Waals surface area contributed by atoms with Gasteiger partial charge in [0.25, 0.3) is 0 Å². The minimum absolute atomic E-state index is 0.101. The minimum Gasteiger partial charge on any atom is -0.496 e. The number of allylic oxidation sites excluding steroid dienone is 1. The summed E-state index contributed by atoms with van der Waals surface area (Å²) in [5.74, 6) is 1.54. The Balaban J connectivity index is 2.08. The molecule has 140 valence electrons. The number of rotatable bonds is 3. The van der Waals surface area contributed by atoms with Crippen LogP contribution in [0.5, 0.6) is 17.2 Å². The molecule has 0 bridgehead atoms. The molecule has 0 aliphatic carbocycles. The van der Waals surface area contributed by atoms with Crippen LogP contribution in [0.3, 0.4) is 0 Å². The van der Waals surface area contributed by atoms with Gasteiger partial charge in [-0.1, -0.05) is 30.3 Å². The molecule has 4 rings (SSSR count). The highest BCUT2D eigenvalue weighted by molar-refractivity contribution is 9.10. The van der Waals surface area contributed by atoms with Crippen LogP contribution in [-0.4, -0.2) is 14.2 Å². The summed E-state index contributed by atoms with van der Waals surface area (Å²) >= 11 is 3.54. The zero-order valence-corrected chi connectivity index (χ0v) is 16.9. The van der Waals surface area contributed by atoms with Gasteiger partial charge in [0, 0.05) is 17.2 Å². The fourth-order valence-electron chi connectivity index (χ4n) is 3.66. The van der Waals surface area contributed by atoms with E-state index in [9.17, 15) is 5.26 Å². The van der Waals surface area contributed by atoms with E-state index in [1.807, 2.05) is 42.5 Å². The highest BCUT2D eigenvalue weighted by atomic mass is 79.9. The lowest BCUT2D eigenvalue weighted by Crippen LogP contribution is -2.21. The number of fused-ring (bicyclic) bond motifs is 3. The number of nitrogens with two attached hydrogens (primary N) is 1. The maximum atomic E-state index is 9.88. The summed E-state index contributed by atoms with van der Waals surface area (Å²) in [5.41, 5.74) is 8.16. The quantitative estimate of drug-likeness (QED) is 0.635. The van der Waals surface area contributed by atoms with Crippen LogP contribution in [0.25, 0.3) is 10.8 Å². The van der Waals surface area contributed by atoms with Crippen molar-refractivity contribution in [3.63, 3.8) is 0 Å². The molecule has 1 aliphatic heterocycles.